The van der Waals surface area contributed by atoms with Crippen LogP contribution < -0.4 is 15.0 Å². The van der Waals surface area contributed by atoms with Crippen LogP contribution in [0, 0.1) is 17.5 Å². The van der Waals surface area contributed by atoms with Gasteiger partial charge in [0.1, 0.15) is 17.3 Å². The molecule has 0 fully saturated rings. The number of nitrogens with zero attached hydrogens (tertiary/aromatic N) is 1. The summed E-state index contributed by atoms with van der Waals surface area (Å²) >= 11 is 0. The van der Waals surface area contributed by atoms with Gasteiger partial charge in [0.25, 0.3) is 11.8 Å². The quantitative estimate of drug-likeness (QED) is 0.557. The van der Waals surface area contributed by atoms with Gasteiger partial charge in [-0.2, -0.15) is 0 Å². The van der Waals surface area contributed by atoms with Gasteiger partial charge < -0.3 is 10.1 Å². The van der Waals surface area contributed by atoms with Gasteiger partial charge in [-0.25, -0.2) is 18.1 Å². The second kappa shape index (κ2) is 8.58. The largest absolute Gasteiger partial charge is 0.494 e. The van der Waals surface area contributed by atoms with Crippen LogP contribution in [0.15, 0.2) is 72.4 Å². The number of carbonyl (C=O) groups is 2. The summed E-state index contributed by atoms with van der Waals surface area (Å²) in [6, 6.07) is 14.5. The van der Waals surface area contributed by atoms with Crippen LogP contribution in [0.25, 0.3) is 5.57 Å². The highest BCUT2D eigenvalue weighted by Gasteiger charge is 2.40. The third-order valence-electron chi connectivity index (χ3n) is 4.81. The first kappa shape index (κ1) is 21.2. The van der Waals surface area contributed by atoms with Crippen molar-refractivity contribution in [1.82, 2.24) is 0 Å². The van der Waals surface area contributed by atoms with E-state index in [-0.39, 0.29) is 17.0 Å². The molecule has 0 saturated carbocycles. The standard InChI is InChI=1S/C24H17F3N2O3/c1-2-32-18-10-7-16(8-11-18)28-22-21(14-3-5-15(25)6-4-14)23(30)29(24(22)31)17-9-12-19(26)20(27)13-17/h3-13,28H,2H2,1H3. The van der Waals surface area contributed by atoms with E-state index in [1.807, 2.05) is 6.92 Å². The van der Waals surface area contributed by atoms with E-state index in [1.54, 1.807) is 24.3 Å². The van der Waals surface area contributed by atoms with Crippen molar-refractivity contribution in [3.05, 3.63) is 95.4 Å². The van der Waals surface area contributed by atoms with E-state index in [2.05, 4.69) is 5.32 Å². The molecule has 4 rings (SSSR count). The van der Waals surface area contributed by atoms with Crippen LogP contribution >= 0.6 is 0 Å². The van der Waals surface area contributed by atoms with Gasteiger partial charge in [-0.3, -0.25) is 9.59 Å². The van der Waals surface area contributed by atoms with Crippen LogP contribution in [0.2, 0.25) is 0 Å². The Morgan fingerprint density at radius 3 is 2.16 bits per heavy atom. The molecule has 2 amide bonds. The molecule has 1 N–H and O–H groups in total. The Labute approximate surface area is 181 Å². The van der Waals surface area contributed by atoms with Crippen molar-refractivity contribution in [2.45, 2.75) is 6.92 Å². The third kappa shape index (κ3) is 3.94. The highest BCUT2D eigenvalue weighted by atomic mass is 19.2. The number of halogens is 3. The van der Waals surface area contributed by atoms with E-state index in [0.29, 0.717) is 23.6 Å². The summed E-state index contributed by atoms with van der Waals surface area (Å²) in [7, 11) is 0. The monoisotopic (exact) mass is 438 g/mol. The average molecular weight is 438 g/mol. The Morgan fingerprint density at radius 2 is 1.53 bits per heavy atom. The number of hydrogen-bond acceptors (Lipinski definition) is 4. The first-order valence-corrected chi connectivity index (χ1v) is 9.73. The summed E-state index contributed by atoms with van der Waals surface area (Å²) < 4.78 is 46.0. The molecule has 1 aliphatic heterocycles. The molecular weight excluding hydrogens is 421 g/mol. The molecule has 3 aromatic carbocycles. The summed E-state index contributed by atoms with van der Waals surface area (Å²) in [5.41, 5.74) is 0.575. The Kier molecular flexibility index (Phi) is 5.68. The van der Waals surface area contributed by atoms with Crippen molar-refractivity contribution in [1.29, 1.82) is 0 Å². The second-order valence-electron chi connectivity index (χ2n) is 6.88. The predicted octanol–water partition coefficient (Wildman–Crippen LogP) is 4.90. The van der Waals surface area contributed by atoms with Gasteiger partial charge in [-0.1, -0.05) is 12.1 Å². The summed E-state index contributed by atoms with van der Waals surface area (Å²) in [5, 5.41) is 2.93. The topological polar surface area (TPSA) is 58.6 Å². The predicted molar refractivity (Wildman–Crippen MR) is 113 cm³/mol. The molecular formula is C24H17F3N2O3. The fourth-order valence-corrected chi connectivity index (χ4v) is 3.33. The summed E-state index contributed by atoms with van der Waals surface area (Å²) in [5.74, 6) is -3.69. The van der Waals surface area contributed by atoms with Gasteiger partial charge in [-0.15, -0.1) is 0 Å². The number of imide groups is 1. The number of nitrogens with one attached hydrogen (secondary N) is 1. The minimum absolute atomic E-state index is 0.0198. The summed E-state index contributed by atoms with van der Waals surface area (Å²) in [6.45, 7) is 2.34. The maximum Gasteiger partial charge on any atom is 0.282 e. The maximum atomic E-state index is 13.8. The third-order valence-corrected chi connectivity index (χ3v) is 4.81. The molecule has 3 aromatic rings. The van der Waals surface area contributed by atoms with Gasteiger partial charge in [0.2, 0.25) is 0 Å². The Morgan fingerprint density at radius 1 is 0.844 bits per heavy atom. The number of benzene rings is 3. The lowest BCUT2D eigenvalue weighted by Crippen LogP contribution is -2.32. The average Bonchev–Trinajstić information content (AvgIpc) is 3.02. The fraction of sp³-hybridized carbons (Fsp3) is 0.0833. The molecule has 0 atom stereocenters. The van der Waals surface area contributed by atoms with Gasteiger partial charge in [0.05, 0.1) is 17.9 Å². The minimum atomic E-state index is -1.20. The number of ether oxygens (including phenoxy) is 1. The molecule has 0 aliphatic carbocycles. The molecule has 8 heteroatoms. The van der Waals surface area contributed by atoms with Crippen molar-refractivity contribution in [2.24, 2.45) is 0 Å². The molecule has 0 spiro atoms. The van der Waals surface area contributed by atoms with Gasteiger partial charge in [-0.05, 0) is 61.0 Å². The Bertz CT molecular complexity index is 1220. The molecule has 162 valence electrons. The van der Waals surface area contributed by atoms with Crippen LogP contribution in [0.1, 0.15) is 12.5 Å². The smallest absolute Gasteiger partial charge is 0.282 e. The molecule has 0 aromatic heterocycles. The first-order chi connectivity index (χ1) is 15.4. The fourth-order valence-electron chi connectivity index (χ4n) is 3.33. The van der Waals surface area contributed by atoms with Gasteiger partial charge in [0, 0.05) is 11.8 Å². The maximum absolute atomic E-state index is 13.8. The number of carbonyl (C=O) groups excluding carboxylic acids is 2. The number of hydrogen-bond donors (Lipinski definition) is 1. The lowest BCUT2D eigenvalue weighted by Gasteiger charge is -2.15. The van der Waals surface area contributed by atoms with E-state index in [0.717, 1.165) is 35.2 Å². The number of anilines is 2. The van der Waals surface area contributed by atoms with E-state index in [4.69, 9.17) is 4.74 Å². The van der Waals surface area contributed by atoms with Crippen molar-refractivity contribution in [3.63, 3.8) is 0 Å². The SMILES string of the molecule is CCOc1ccc(NC2=C(c3ccc(F)cc3)C(=O)N(c3ccc(F)c(F)c3)C2=O)cc1. The number of amides is 2. The molecule has 32 heavy (non-hydrogen) atoms. The van der Waals surface area contributed by atoms with Crippen LogP contribution in [0.3, 0.4) is 0 Å². The molecule has 0 saturated heterocycles. The van der Waals surface area contributed by atoms with E-state index in [1.165, 1.54) is 12.1 Å². The zero-order chi connectivity index (χ0) is 22.8. The molecule has 1 heterocycles. The van der Waals surface area contributed by atoms with Crippen LogP contribution in [-0.4, -0.2) is 18.4 Å². The summed E-state index contributed by atoms with van der Waals surface area (Å²) in [6.07, 6.45) is 0. The summed E-state index contributed by atoms with van der Waals surface area (Å²) in [4.78, 5) is 27.2. The normalized spacial score (nSPS) is 13.7. The zero-order valence-corrected chi connectivity index (χ0v) is 16.9. The highest BCUT2D eigenvalue weighted by Crippen LogP contribution is 2.34. The van der Waals surface area contributed by atoms with E-state index >= 15 is 0 Å². The minimum Gasteiger partial charge on any atom is -0.494 e. The molecule has 0 radical (unpaired) electrons. The molecule has 5 nitrogen and oxygen atoms in total. The Hall–Kier alpha value is -4.07. The molecule has 1 aliphatic rings. The van der Waals surface area contributed by atoms with Crippen molar-refractivity contribution in [2.75, 3.05) is 16.8 Å². The second-order valence-corrected chi connectivity index (χ2v) is 6.88. The van der Waals surface area contributed by atoms with Crippen LogP contribution in [-0.2, 0) is 9.59 Å². The lowest BCUT2D eigenvalue weighted by atomic mass is 10.0. The molecule has 0 bridgehead atoms. The zero-order valence-electron chi connectivity index (χ0n) is 16.9. The molecule has 0 unspecified atom stereocenters. The number of rotatable bonds is 6. The van der Waals surface area contributed by atoms with Crippen molar-refractivity contribution in [3.8, 4) is 5.75 Å². The van der Waals surface area contributed by atoms with Crippen LogP contribution in [0.5, 0.6) is 5.75 Å². The van der Waals surface area contributed by atoms with Crippen molar-refractivity contribution < 1.29 is 27.5 Å². The van der Waals surface area contributed by atoms with E-state index in [9.17, 15) is 22.8 Å². The first-order valence-electron chi connectivity index (χ1n) is 9.73. The van der Waals surface area contributed by atoms with Gasteiger partial charge in [0.15, 0.2) is 11.6 Å². The highest BCUT2D eigenvalue weighted by molar-refractivity contribution is 6.46. The Balaban J connectivity index is 1.77. The van der Waals surface area contributed by atoms with Crippen molar-refractivity contribution >= 4 is 28.8 Å². The van der Waals surface area contributed by atoms with Crippen LogP contribution in [0.4, 0.5) is 24.5 Å². The van der Waals surface area contributed by atoms with E-state index < -0.39 is 29.3 Å². The van der Waals surface area contributed by atoms with Gasteiger partial charge >= 0.3 is 0 Å². The lowest BCUT2D eigenvalue weighted by molar-refractivity contribution is -0.120.